The van der Waals surface area contributed by atoms with E-state index < -0.39 is 23.0 Å². The fraction of sp³-hybridized carbons (Fsp3) is 0.208. The number of aromatic hydroxyl groups is 1. The maximum atomic E-state index is 13.3. The molecule has 0 aliphatic heterocycles. The van der Waals surface area contributed by atoms with Crippen molar-refractivity contribution >= 4 is 5.78 Å². The number of pyridine rings is 1. The number of carbonyl (C=O) groups is 1. The Morgan fingerprint density at radius 1 is 1.21 bits per heavy atom. The summed E-state index contributed by atoms with van der Waals surface area (Å²) in [7, 11) is 1.53. The molecule has 1 atom stereocenters. The highest BCUT2D eigenvalue weighted by Gasteiger charge is 2.28. The molecule has 10 heteroatoms. The van der Waals surface area contributed by atoms with Crippen LogP contribution in [-0.4, -0.2) is 39.7 Å². The van der Waals surface area contributed by atoms with Crippen molar-refractivity contribution in [3.05, 3.63) is 87.9 Å². The van der Waals surface area contributed by atoms with Crippen LogP contribution in [0.15, 0.2) is 68.5 Å². The van der Waals surface area contributed by atoms with Gasteiger partial charge in [-0.3, -0.25) is 14.6 Å². The highest BCUT2D eigenvalue weighted by atomic mass is 16.5. The van der Waals surface area contributed by atoms with Gasteiger partial charge in [0.05, 0.1) is 7.11 Å². The molecule has 0 bridgehead atoms. The summed E-state index contributed by atoms with van der Waals surface area (Å²) in [5.41, 5.74) is 0.284. The van der Waals surface area contributed by atoms with Crippen LogP contribution < -0.4 is 15.5 Å². The van der Waals surface area contributed by atoms with Crippen molar-refractivity contribution in [3.63, 3.8) is 0 Å². The summed E-state index contributed by atoms with van der Waals surface area (Å²) >= 11 is 0. The van der Waals surface area contributed by atoms with Crippen LogP contribution in [0.5, 0.6) is 11.5 Å². The average Bonchev–Trinajstić information content (AvgIpc) is 3.33. The van der Waals surface area contributed by atoms with E-state index in [4.69, 9.17) is 13.7 Å². The molecule has 1 unspecified atom stereocenters. The van der Waals surface area contributed by atoms with Crippen molar-refractivity contribution in [1.82, 2.24) is 20.4 Å². The van der Waals surface area contributed by atoms with Crippen LogP contribution in [0.4, 0.5) is 0 Å². The molecule has 4 rings (SSSR count). The third-order valence-electron chi connectivity index (χ3n) is 5.02. The van der Waals surface area contributed by atoms with Gasteiger partial charge in [0.2, 0.25) is 22.9 Å². The Labute approximate surface area is 194 Å². The predicted molar refractivity (Wildman–Crippen MR) is 121 cm³/mol. The summed E-state index contributed by atoms with van der Waals surface area (Å²) in [6.45, 7) is 1.78. The number of aromatic nitrogens is 3. The zero-order chi connectivity index (χ0) is 24.1. The van der Waals surface area contributed by atoms with Crippen molar-refractivity contribution in [2.75, 3.05) is 13.7 Å². The highest BCUT2D eigenvalue weighted by molar-refractivity contribution is 6.00. The van der Waals surface area contributed by atoms with Crippen molar-refractivity contribution in [1.29, 1.82) is 0 Å². The first kappa shape index (κ1) is 22.9. The van der Waals surface area contributed by atoms with Gasteiger partial charge in [-0.15, -0.1) is 0 Å². The molecular weight excluding hydrogens is 440 g/mol. The van der Waals surface area contributed by atoms with Gasteiger partial charge in [-0.05, 0) is 43.3 Å². The van der Waals surface area contributed by atoms with Crippen LogP contribution in [0.1, 0.15) is 33.8 Å². The number of rotatable bonds is 9. The number of nitrogens with one attached hydrogen (secondary N) is 1. The Kier molecular flexibility index (Phi) is 6.79. The largest absolute Gasteiger partial charge is 0.502 e. The van der Waals surface area contributed by atoms with Crippen molar-refractivity contribution in [2.45, 2.75) is 19.4 Å². The first-order chi connectivity index (χ1) is 16.5. The van der Waals surface area contributed by atoms with Gasteiger partial charge in [0.1, 0.15) is 23.2 Å². The van der Waals surface area contributed by atoms with E-state index in [9.17, 15) is 14.7 Å². The summed E-state index contributed by atoms with van der Waals surface area (Å²) in [6, 6.07) is 11.9. The number of benzene rings is 1. The molecule has 0 amide bonds. The number of hydrogen-bond donors (Lipinski definition) is 2. The third-order valence-corrected chi connectivity index (χ3v) is 5.02. The molecule has 3 aromatic heterocycles. The van der Waals surface area contributed by atoms with E-state index in [1.54, 1.807) is 49.5 Å². The molecule has 0 aliphatic rings. The number of ketones is 1. The van der Waals surface area contributed by atoms with Crippen LogP contribution in [0.2, 0.25) is 0 Å². The molecule has 4 aromatic rings. The van der Waals surface area contributed by atoms with Gasteiger partial charge in [0.15, 0.2) is 11.5 Å². The van der Waals surface area contributed by atoms with Gasteiger partial charge in [-0.25, -0.2) is 0 Å². The van der Waals surface area contributed by atoms with Crippen molar-refractivity contribution < 1.29 is 23.6 Å². The third kappa shape index (κ3) is 5.02. The van der Waals surface area contributed by atoms with Gasteiger partial charge < -0.3 is 24.1 Å². The summed E-state index contributed by atoms with van der Waals surface area (Å²) in [4.78, 5) is 33.9. The minimum Gasteiger partial charge on any atom is -0.502 e. The van der Waals surface area contributed by atoms with E-state index in [2.05, 4.69) is 20.4 Å². The van der Waals surface area contributed by atoms with Crippen molar-refractivity contribution in [2.24, 2.45) is 0 Å². The zero-order valence-corrected chi connectivity index (χ0v) is 18.5. The second-order valence-corrected chi connectivity index (χ2v) is 7.39. The van der Waals surface area contributed by atoms with Crippen LogP contribution in [0.3, 0.4) is 0 Å². The maximum absolute atomic E-state index is 13.3. The molecule has 1 aromatic carbocycles. The Balaban J connectivity index is 1.55. The second kappa shape index (κ2) is 10.1. The average molecular weight is 462 g/mol. The molecule has 2 N–H and O–H groups in total. The van der Waals surface area contributed by atoms with E-state index in [0.717, 1.165) is 6.07 Å². The Morgan fingerprint density at radius 2 is 2.00 bits per heavy atom. The predicted octanol–water partition coefficient (Wildman–Crippen LogP) is 2.86. The van der Waals surface area contributed by atoms with Gasteiger partial charge in [-0.1, -0.05) is 11.2 Å². The van der Waals surface area contributed by atoms with Crippen LogP contribution in [0.25, 0.3) is 11.5 Å². The highest BCUT2D eigenvalue weighted by Crippen LogP contribution is 2.26. The summed E-state index contributed by atoms with van der Waals surface area (Å²) in [5, 5.41) is 17.3. The topological polar surface area (TPSA) is 141 Å². The Hall–Kier alpha value is -4.31. The molecule has 3 heterocycles. The quantitative estimate of drug-likeness (QED) is 0.357. The van der Waals surface area contributed by atoms with Gasteiger partial charge >= 0.3 is 0 Å². The lowest BCUT2D eigenvalue weighted by Gasteiger charge is -2.18. The molecule has 0 spiro atoms. The number of carbonyl (C=O) groups excluding carboxylic acids is 1. The number of Topliss-reactive ketones (excluding diaryl/α,β-unsaturated/α-hetero) is 1. The lowest BCUT2D eigenvalue weighted by molar-refractivity contribution is 0.0926. The monoisotopic (exact) mass is 462 g/mol. The van der Waals surface area contributed by atoms with E-state index in [1.165, 1.54) is 7.11 Å². The van der Waals surface area contributed by atoms with Gasteiger partial charge in [-0.2, -0.15) is 4.98 Å². The fourth-order valence-electron chi connectivity index (χ4n) is 3.33. The maximum Gasteiger partial charge on any atom is 0.228 e. The number of methoxy groups -OCH3 is 1. The zero-order valence-electron chi connectivity index (χ0n) is 18.5. The van der Waals surface area contributed by atoms with Gasteiger partial charge in [0.25, 0.3) is 0 Å². The normalized spacial score (nSPS) is 11.8. The van der Waals surface area contributed by atoms with Gasteiger partial charge in [0, 0.05) is 30.8 Å². The number of nitrogens with zero attached hydrogens (tertiary/aromatic N) is 3. The standard InChI is InChI=1S/C24H22N4O6/c1-14-13-18(29)22(31)23(33-14)20(21(30)15-6-8-16(32-2)9-7-15)26-12-10-19-27-24(28-34-19)17-5-3-4-11-25-17/h3-9,11,13,20,26,31H,10,12H2,1-2H3. The Morgan fingerprint density at radius 3 is 2.71 bits per heavy atom. The SMILES string of the molecule is COc1ccc(C(=O)C(NCCc2nc(-c3ccccn3)no2)c2oc(C)cc(=O)c2O)cc1. The van der Waals surface area contributed by atoms with Crippen LogP contribution in [-0.2, 0) is 6.42 Å². The minimum atomic E-state index is -1.13. The second-order valence-electron chi connectivity index (χ2n) is 7.39. The van der Waals surface area contributed by atoms with E-state index in [-0.39, 0.29) is 24.5 Å². The number of ether oxygens (including phenoxy) is 1. The first-order valence-electron chi connectivity index (χ1n) is 10.5. The first-order valence-corrected chi connectivity index (χ1v) is 10.5. The smallest absolute Gasteiger partial charge is 0.228 e. The fourth-order valence-corrected chi connectivity index (χ4v) is 3.33. The Bertz CT molecular complexity index is 1330. The molecule has 0 saturated carbocycles. The van der Waals surface area contributed by atoms with E-state index in [1.807, 2.05) is 6.07 Å². The molecule has 0 radical (unpaired) electrons. The molecule has 174 valence electrons. The summed E-state index contributed by atoms with van der Waals surface area (Å²) in [5.74, 6) is 0.356. The molecule has 0 aliphatic carbocycles. The molecule has 10 nitrogen and oxygen atoms in total. The lowest BCUT2D eigenvalue weighted by Crippen LogP contribution is -2.31. The minimum absolute atomic E-state index is 0.162. The number of aryl methyl sites for hydroxylation is 1. The number of hydrogen-bond acceptors (Lipinski definition) is 10. The summed E-state index contributed by atoms with van der Waals surface area (Å²) < 4.78 is 16.0. The summed E-state index contributed by atoms with van der Waals surface area (Å²) in [6.07, 6.45) is 1.91. The molecular formula is C24H22N4O6. The van der Waals surface area contributed by atoms with Crippen LogP contribution in [0, 0.1) is 6.92 Å². The van der Waals surface area contributed by atoms with E-state index >= 15 is 0 Å². The molecule has 0 saturated heterocycles. The molecule has 0 fully saturated rings. The lowest BCUT2D eigenvalue weighted by atomic mass is 10.0. The van der Waals surface area contributed by atoms with Crippen LogP contribution >= 0.6 is 0 Å². The van der Waals surface area contributed by atoms with E-state index in [0.29, 0.717) is 28.7 Å². The van der Waals surface area contributed by atoms with Crippen molar-refractivity contribution in [3.8, 4) is 23.0 Å². The molecule has 34 heavy (non-hydrogen) atoms.